The second-order valence-corrected chi connectivity index (χ2v) is 7.16. The molecule has 0 aliphatic carbocycles. The molecule has 2 aromatic rings. The lowest BCUT2D eigenvalue weighted by atomic mass is 9.86. The monoisotopic (exact) mass is 331 g/mol. The van der Waals surface area contributed by atoms with E-state index in [9.17, 15) is 0 Å². The number of benzene rings is 2. The van der Waals surface area contributed by atoms with E-state index >= 15 is 0 Å². The summed E-state index contributed by atoms with van der Waals surface area (Å²) in [5.74, 6) is 0. The molecule has 1 N–H and O–H groups in total. The minimum absolute atomic E-state index is 0.208. The lowest BCUT2D eigenvalue weighted by Crippen LogP contribution is -2.12. The lowest BCUT2D eigenvalue weighted by Gasteiger charge is -2.21. The van der Waals surface area contributed by atoms with E-state index in [4.69, 9.17) is 0 Å². The average molecular weight is 332 g/mol. The Morgan fingerprint density at radius 1 is 1.00 bits per heavy atom. The standard InChI is InChI=1S/C18H22BrN/c1-13(20-17-7-5-6-16(19)12-17)14-8-10-15(11-9-14)18(2,3)4/h5-13,20H,1-4H3. The highest BCUT2D eigenvalue weighted by atomic mass is 79.9. The second kappa shape index (κ2) is 6.01. The van der Waals surface area contributed by atoms with Gasteiger partial charge in [-0.1, -0.05) is 67.0 Å². The van der Waals surface area contributed by atoms with Crippen LogP contribution >= 0.6 is 15.9 Å². The number of hydrogen-bond acceptors (Lipinski definition) is 1. The SMILES string of the molecule is CC(Nc1cccc(Br)c1)c1ccc(C(C)(C)C)cc1. The summed E-state index contributed by atoms with van der Waals surface area (Å²) in [4.78, 5) is 0. The molecule has 0 aromatic heterocycles. The highest BCUT2D eigenvalue weighted by Crippen LogP contribution is 2.26. The summed E-state index contributed by atoms with van der Waals surface area (Å²) < 4.78 is 1.10. The second-order valence-electron chi connectivity index (χ2n) is 6.25. The van der Waals surface area contributed by atoms with E-state index in [1.807, 2.05) is 12.1 Å². The molecule has 1 unspecified atom stereocenters. The molecule has 0 radical (unpaired) electrons. The molecule has 2 aromatic carbocycles. The van der Waals surface area contributed by atoms with Crippen molar-refractivity contribution in [3.05, 3.63) is 64.1 Å². The first kappa shape index (κ1) is 15.1. The average Bonchev–Trinajstić information content (AvgIpc) is 2.38. The fourth-order valence-corrected chi connectivity index (χ4v) is 2.58. The zero-order chi connectivity index (χ0) is 14.8. The molecule has 0 aliphatic heterocycles. The van der Waals surface area contributed by atoms with E-state index in [-0.39, 0.29) is 5.41 Å². The van der Waals surface area contributed by atoms with Gasteiger partial charge in [-0.15, -0.1) is 0 Å². The van der Waals surface area contributed by atoms with Gasteiger partial charge in [-0.2, -0.15) is 0 Å². The molecule has 106 valence electrons. The predicted octanol–water partition coefficient (Wildman–Crippen LogP) is 5.92. The van der Waals surface area contributed by atoms with E-state index in [1.54, 1.807) is 0 Å². The summed E-state index contributed by atoms with van der Waals surface area (Å²) in [6, 6.07) is 17.5. The molecule has 2 heteroatoms. The van der Waals surface area contributed by atoms with Crippen LogP contribution in [0.4, 0.5) is 5.69 Å². The van der Waals surface area contributed by atoms with Gasteiger partial charge in [0.15, 0.2) is 0 Å². The van der Waals surface area contributed by atoms with Crippen LogP contribution in [0.2, 0.25) is 0 Å². The van der Waals surface area contributed by atoms with E-state index in [1.165, 1.54) is 11.1 Å². The minimum Gasteiger partial charge on any atom is -0.378 e. The van der Waals surface area contributed by atoms with Gasteiger partial charge in [0, 0.05) is 16.2 Å². The summed E-state index contributed by atoms with van der Waals surface area (Å²) in [5, 5.41) is 3.53. The zero-order valence-electron chi connectivity index (χ0n) is 12.6. The van der Waals surface area contributed by atoms with Crippen molar-refractivity contribution in [3.8, 4) is 0 Å². The Bertz CT molecular complexity index is 567. The Hall–Kier alpha value is -1.28. The topological polar surface area (TPSA) is 12.0 Å². The first-order chi connectivity index (χ1) is 9.36. The third-order valence-corrected chi connectivity index (χ3v) is 3.98. The third-order valence-electron chi connectivity index (χ3n) is 3.48. The molecule has 0 bridgehead atoms. The molecule has 0 saturated heterocycles. The third kappa shape index (κ3) is 3.86. The largest absolute Gasteiger partial charge is 0.378 e. The zero-order valence-corrected chi connectivity index (χ0v) is 14.2. The Morgan fingerprint density at radius 2 is 1.65 bits per heavy atom. The van der Waals surface area contributed by atoms with Crippen molar-refractivity contribution in [1.29, 1.82) is 0 Å². The van der Waals surface area contributed by atoms with Crippen LogP contribution in [0.1, 0.15) is 44.9 Å². The van der Waals surface area contributed by atoms with Crippen LogP contribution in [0, 0.1) is 0 Å². The van der Waals surface area contributed by atoms with E-state index in [0.717, 1.165) is 10.2 Å². The van der Waals surface area contributed by atoms with Crippen LogP contribution in [-0.4, -0.2) is 0 Å². The van der Waals surface area contributed by atoms with Crippen LogP contribution in [0.3, 0.4) is 0 Å². The number of rotatable bonds is 3. The Kier molecular flexibility index (Phi) is 4.54. The summed E-state index contributed by atoms with van der Waals surface area (Å²) in [5.41, 5.74) is 4.01. The highest BCUT2D eigenvalue weighted by Gasteiger charge is 2.14. The van der Waals surface area contributed by atoms with Gasteiger partial charge in [0.1, 0.15) is 0 Å². The fraction of sp³-hybridized carbons (Fsp3) is 0.333. The van der Waals surface area contributed by atoms with Gasteiger partial charge in [-0.3, -0.25) is 0 Å². The molecule has 20 heavy (non-hydrogen) atoms. The molecule has 1 atom stereocenters. The Morgan fingerprint density at radius 3 is 2.20 bits per heavy atom. The molecule has 0 fully saturated rings. The summed E-state index contributed by atoms with van der Waals surface area (Å²) in [6.45, 7) is 8.91. The van der Waals surface area contributed by atoms with Gasteiger partial charge in [0.25, 0.3) is 0 Å². The summed E-state index contributed by atoms with van der Waals surface area (Å²) in [7, 11) is 0. The maximum absolute atomic E-state index is 3.53. The van der Waals surface area contributed by atoms with Crippen LogP contribution < -0.4 is 5.32 Å². The van der Waals surface area contributed by atoms with Crippen LogP contribution in [0.25, 0.3) is 0 Å². The molecule has 0 spiro atoms. The number of anilines is 1. The quantitative estimate of drug-likeness (QED) is 0.736. The van der Waals surface area contributed by atoms with Crippen LogP contribution in [-0.2, 0) is 5.41 Å². The van der Waals surface area contributed by atoms with Gasteiger partial charge in [0.2, 0.25) is 0 Å². The molecular formula is C18H22BrN. The smallest absolute Gasteiger partial charge is 0.0485 e. The van der Waals surface area contributed by atoms with Crippen molar-refractivity contribution in [2.75, 3.05) is 5.32 Å². The van der Waals surface area contributed by atoms with Gasteiger partial charge < -0.3 is 5.32 Å². The Balaban J connectivity index is 2.11. The molecule has 0 amide bonds. The normalized spacial score (nSPS) is 13.1. The van der Waals surface area contributed by atoms with Crippen molar-refractivity contribution < 1.29 is 0 Å². The van der Waals surface area contributed by atoms with Crippen molar-refractivity contribution in [3.63, 3.8) is 0 Å². The summed E-state index contributed by atoms with van der Waals surface area (Å²) in [6.07, 6.45) is 0. The van der Waals surface area contributed by atoms with E-state index in [2.05, 4.69) is 85.3 Å². The number of hydrogen-bond donors (Lipinski definition) is 1. The fourth-order valence-electron chi connectivity index (χ4n) is 2.18. The summed E-state index contributed by atoms with van der Waals surface area (Å²) >= 11 is 3.50. The molecule has 1 nitrogen and oxygen atoms in total. The van der Waals surface area contributed by atoms with Gasteiger partial charge in [-0.25, -0.2) is 0 Å². The molecule has 2 rings (SSSR count). The maximum atomic E-state index is 3.53. The number of nitrogens with one attached hydrogen (secondary N) is 1. The Labute approximate surface area is 130 Å². The first-order valence-electron chi connectivity index (χ1n) is 6.99. The van der Waals surface area contributed by atoms with E-state index in [0.29, 0.717) is 6.04 Å². The minimum atomic E-state index is 0.208. The molecule has 0 aliphatic rings. The van der Waals surface area contributed by atoms with Crippen LogP contribution in [0.5, 0.6) is 0 Å². The van der Waals surface area contributed by atoms with Crippen molar-refractivity contribution in [2.24, 2.45) is 0 Å². The first-order valence-corrected chi connectivity index (χ1v) is 7.78. The van der Waals surface area contributed by atoms with E-state index < -0.39 is 0 Å². The van der Waals surface area contributed by atoms with Gasteiger partial charge in [0.05, 0.1) is 0 Å². The van der Waals surface area contributed by atoms with Gasteiger partial charge in [-0.05, 0) is 41.7 Å². The van der Waals surface area contributed by atoms with Crippen molar-refractivity contribution in [1.82, 2.24) is 0 Å². The van der Waals surface area contributed by atoms with Crippen LogP contribution in [0.15, 0.2) is 53.0 Å². The molecular weight excluding hydrogens is 310 g/mol. The van der Waals surface area contributed by atoms with Crippen molar-refractivity contribution >= 4 is 21.6 Å². The highest BCUT2D eigenvalue weighted by molar-refractivity contribution is 9.10. The number of halogens is 1. The molecule has 0 saturated carbocycles. The lowest BCUT2D eigenvalue weighted by molar-refractivity contribution is 0.589. The maximum Gasteiger partial charge on any atom is 0.0485 e. The molecule has 0 heterocycles. The van der Waals surface area contributed by atoms with Gasteiger partial charge >= 0.3 is 0 Å². The van der Waals surface area contributed by atoms with Crippen molar-refractivity contribution in [2.45, 2.75) is 39.2 Å². The predicted molar refractivity (Wildman–Crippen MR) is 91.3 cm³/mol.